The van der Waals surface area contributed by atoms with E-state index in [1.807, 2.05) is 38.1 Å². The zero-order valence-corrected chi connectivity index (χ0v) is 22.5. The van der Waals surface area contributed by atoms with Gasteiger partial charge in [-0.3, -0.25) is 4.99 Å². The molecule has 1 aromatic heterocycles. The van der Waals surface area contributed by atoms with Crippen molar-refractivity contribution in [2.75, 3.05) is 36.9 Å². The van der Waals surface area contributed by atoms with Gasteiger partial charge in [-0.15, -0.1) is 0 Å². The van der Waals surface area contributed by atoms with Gasteiger partial charge in [-0.2, -0.15) is 0 Å². The van der Waals surface area contributed by atoms with Crippen LogP contribution in [0.15, 0.2) is 64.5 Å². The van der Waals surface area contributed by atoms with Crippen molar-refractivity contribution in [3.63, 3.8) is 0 Å². The molecule has 3 rings (SSSR count). The number of ether oxygens (including phenoxy) is 3. The maximum Gasteiger partial charge on any atom is 0.264 e. The lowest BCUT2D eigenvalue weighted by atomic mass is 10.2. The Kier molecular flexibility index (Phi) is 9.95. The Morgan fingerprint density at radius 3 is 2.08 bits per heavy atom. The smallest absolute Gasteiger partial charge is 0.264 e. The van der Waals surface area contributed by atoms with Crippen molar-refractivity contribution < 1.29 is 22.6 Å². The van der Waals surface area contributed by atoms with Gasteiger partial charge in [0.15, 0.2) is 6.29 Å². The van der Waals surface area contributed by atoms with Crippen LogP contribution in [-0.2, 0) is 19.5 Å². The van der Waals surface area contributed by atoms with Gasteiger partial charge in [-0.05, 0) is 82.3 Å². The van der Waals surface area contributed by atoms with Gasteiger partial charge in [0.1, 0.15) is 11.6 Å². The summed E-state index contributed by atoms with van der Waals surface area (Å²) in [7, 11) is -2.26. The summed E-state index contributed by atoms with van der Waals surface area (Å²) in [5.41, 5.74) is 2.82. The molecule has 10 nitrogen and oxygen atoms in total. The quantitative estimate of drug-likeness (QED) is 0.204. The number of methoxy groups -OCH3 is 1. The predicted octanol–water partition coefficient (Wildman–Crippen LogP) is 4.16. The van der Waals surface area contributed by atoms with Crippen LogP contribution in [0.4, 0.5) is 11.6 Å². The second kappa shape index (κ2) is 13.1. The molecule has 0 bridgehead atoms. The summed E-state index contributed by atoms with van der Waals surface area (Å²) in [6.45, 7) is 8.64. The number of aliphatic imine (C=N–C) groups is 1. The molecule has 1 heterocycles. The minimum Gasteiger partial charge on any atom is -0.497 e. The number of aromatic nitrogens is 2. The van der Waals surface area contributed by atoms with E-state index in [1.165, 1.54) is 12.1 Å². The van der Waals surface area contributed by atoms with E-state index in [9.17, 15) is 8.42 Å². The number of aryl methyl sites for hydroxylation is 2. The third-order valence-corrected chi connectivity index (χ3v) is 6.45. The third-order valence-electron chi connectivity index (χ3n) is 5.10. The fourth-order valence-electron chi connectivity index (χ4n) is 3.45. The van der Waals surface area contributed by atoms with Crippen molar-refractivity contribution in [1.82, 2.24) is 9.97 Å². The lowest BCUT2D eigenvalue weighted by Crippen LogP contribution is -2.23. The molecule has 3 aromatic rings. The van der Waals surface area contributed by atoms with Gasteiger partial charge in [-0.1, -0.05) is 0 Å². The normalized spacial score (nSPS) is 12.0. The Morgan fingerprint density at radius 2 is 1.54 bits per heavy atom. The van der Waals surface area contributed by atoms with Crippen LogP contribution in [0.2, 0.25) is 0 Å². The standard InChI is InChI=1S/C26H33N5O5S/c1-6-35-24(36-7-2)17-27-25(20-8-12-22(34-5)13-9-20)30-21-10-14-23(15-11-21)37(32,33)31-26-28-18(3)16-19(4)29-26/h8-16,24H,6-7,17H2,1-5H3,(H,27,30)(H,28,29,31). The lowest BCUT2D eigenvalue weighted by Gasteiger charge is -2.17. The van der Waals surface area contributed by atoms with E-state index in [4.69, 9.17) is 19.2 Å². The number of nitrogens with zero attached hydrogens (tertiary/aromatic N) is 3. The number of amidine groups is 1. The van der Waals surface area contributed by atoms with Crippen molar-refractivity contribution in [2.24, 2.45) is 4.99 Å². The van der Waals surface area contributed by atoms with E-state index >= 15 is 0 Å². The van der Waals surface area contributed by atoms with Gasteiger partial charge in [-0.25, -0.2) is 23.1 Å². The minimum absolute atomic E-state index is 0.0341. The summed E-state index contributed by atoms with van der Waals surface area (Å²) >= 11 is 0. The van der Waals surface area contributed by atoms with Gasteiger partial charge >= 0.3 is 0 Å². The molecule has 0 atom stereocenters. The molecule has 0 spiro atoms. The van der Waals surface area contributed by atoms with E-state index in [0.717, 1.165) is 11.3 Å². The van der Waals surface area contributed by atoms with Crippen LogP contribution >= 0.6 is 0 Å². The highest BCUT2D eigenvalue weighted by molar-refractivity contribution is 7.92. The largest absolute Gasteiger partial charge is 0.497 e. The molecule has 0 unspecified atom stereocenters. The average Bonchev–Trinajstić information content (AvgIpc) is 2.86. The second-order valence-electron chi connectivity index (χ2n) is 7.99. The number of sulfonamides is 1. The minimum atomic E-state index is -3.87. The van der Waals surface area contributed by atoms with Crippen molar-refractivity contribution >= 4 is 27.5 Å². The Morgan fingerprint density at radius 1 is 0.946 bits per heavy atom. The first-order chi connectivity index (χ1) is 17.7. The molecule has 0 radical (unpaired) electrons. The summed E-state index contributed by atoms with van der Waals surface area (Å²) in [5, 5.41) is 3.27. The summed E-state index contributed by atoms with van der Waals surface area (Å²) in [5.74, 6) is 1.33. The van der Waals surface area contributed by atoms with Crippen LogP contribution < -0.4 is 14.8 Å². The molecule has 0 fully saturated rings. The zero-order valence-electron chi connectivity index (χ0n) is 21.7. The van der Waals surface area contributed by atoms with Gasteiger partial charge in [0, 0.05) is 35.9 Å². The van der Waals surface area contributed by atoms with Crippen molar-refractivity contribution in [2.45, 2.75) is 38.9 Å². The third kappa shape index (κ3) is 8.24. The van der Waals surface area contributed by atoms with Gasteiger partial charge in [0.05, 0.1) is 18.6 Å². The Labute approximate surface area is 218 Å². The molecule has 37 heavy (non-hydrogen) atoms. The van der Waals surface area contributed by atoms with Crippen molar-refractivity contribution in [1.29, 1.82) is 0 Å². The number of anilines is 2. The number of benzene rings is 2. The zero-order chi connectivity index (χ0) is 26.8. The summed E-state index contributed by atoms with van der Waals surface area (Å²) in [6, 6.07) is 15.5. The SMILES string of the molecule is CCOC(CN=C(Nc1ccc(S(=O)(=O)Nc2nc(C)cc(C)n2)cc1)c1ccc(OC)cc1)OCC. The highest BCUT2D eigenvalue weighted by Crippen LogP contribution is 2.19. The van der Waals surface area contributed by atoms with E-state index < -0.39 is 16.3 Å². The van der Waals surface area contributed by atoms with E-state index in [1.54, 1.807) is 39.2 Å². The van der Waals surface area contributed by atoms with Crippen LogP contribution in [0.1, 0.15) is 30.8 Å². The molecule has 2 aromatic carbocycles. The molecule has 11 heteroatoms. The highest BCUT2D eigenvalue weighted by Gasteiger charge is 2.17. The van der Waals surface area contributed by atoms with Gasteiger partial charge < -0.3 is 19.5 Å². The Balaban J connectivity index is 1.82. The Hall–Kier alpha value is -3.54. The number of hydrogen-bond acceptors (Lipinski definition) is 8. The molecule has 0 saturated heterocycles. The molecule has 0 saturated carbocycles. The molecule has 0 amide bonds. The predicted molar refractivity (Wildman–Crippen MR) is 144 cm³/mol. The van der Waals surface area contributed by atoms with E-state index in [-0.39, 0.29) is 17.4 Å². The molecule has 0 aliphatic carbocycles. The molecular formula is C26H33N5O5S. The summed E-state index contributed by atoms with van der Waals surface area (Å²) in [4.78, 5) is 13.1. The first kappa shape index (κ1) is 28.0. The molecule has 0 aliphatic rings. The fraction of sp³-hybridized carbons (Fsp3) is 0.346. The van der Waals surface area contributed by atoms with E-state index in [0.29, 0.717) is 36.1 Å². The van der Waals surface area contributed by atoms with Crippen LogP contribution in [0, 0.1) is 13.8 Å². The first-order valence-corrected chi connectivity index (χ1v) is 13.4. The van der Waals surface area contributed by atoms with E-state index in [2.05, 4.69) is 20.0 Å². The highest BCUT2D eigenvalue weighted by atomic mass is 32.2. The van der Waals surface area contributed by atoms with Crippen LogP contribution in [0.25, 0.3) is 0 Å². The number of nitrogens with one attached hydrogen (secondary N) is 2. The maximum absolute atomic E-state index is 12.9. The monoisotopic (exact) mass is 527 g/mol. The Bertz CT molecular complexity index is 1270. The molecule has 2 N–H and O–H groups in total. The van der Waals surface area contributed by atoms with Crippen LogP contribution in [0.5, 0.6) is 5.75 Å². The molecule has 198 valence electrons. The summed E-state index contributed by atoms with van der Waals surface area (Å²) in [6.07, 6.45) is -0.476. The van der Waals surface area contributed by atoms with Crippen molar-refractivity contribution in [3.05, 3.63) is 71.5 Å². The van der Waals surface area contributed by atoms with Gasteiger partial charge in [0.2, 0.25) is 5.95 Å². The summed E-state index contributed by atoms with van der Waals surface area (Å²) < 4.78 is 44.6. The van der Waals surface area contributed by atoms with Crippen LogP contribution in [0.3, 0.4) is 0 Å². The van der Waals surface area contributed by atoms with Gasteiger partial charge in [0.25, 0.3) is 10.0 Å². The van der Waals surface area contributed by atoms with Crippen LogP contribution in [-0.4, -0.2) is 57.4 Å². The topological polar surface area (TPSA) is 124 Å². The second-order valence-corrected chi connectivity index (χ2v) is 9.67. The number of hydrogen-bond donors (Lipinski definition) is 2. The van der Waals surface area contributed by atoms with Crippen molar-refractivity contribution in [3.8, 4) is 5.75 Å². The first-order valence-electron chi connectivity index (χ1n) is 11.9. The molecular weight excluding hydrogens is 494 g/mol. The average molecular weight is 528 g/mol. The number of rotatable bonds is 12. The fourth-order valence-corrected chi connectivity index (χ4v) is 4.39. The molecule has 0 aliphatic heterocycles. The lowest BCUT2D eigenvalue weighted by molar-refractivity contribution is -0.128. The maximum atomic E-state index is 12.9.